The molecule has 0 aliphatic carbocycles. The number of thioether (sulfide) groups is 1. The third-order valence-electron chi connectivity index (χ3n) is 3.96. The SMILES string of the molecule is COc1ccc(C=CC(=O)NCc2nnc(SCc3ccccn3)n2C)cc1. The predicted molar refractivity (Wildman–Crippen MR) is 109 cm³/mol. The summed E-state index contributed by atoms with van der Waals surface area (Å²) in [7, 11) is 3.50. The van der Waals surface area contributed by atoms with Crippen LogP contribution in [0.5, 0.6) is 5.75 Å². The van der Waals surface area contributed by atoms with Crippen molar-refractivity contribution < 1.29 is 9.53 Å². The number of aromatic nitrogens is 4. The highest BCUT2D eigenvalue weighted by molar-refractivity contribution is 7.98. The summed E-state index contributed by atoms with van der Waals surface area (Å²) in [6.45, 7) is 0.305. The Bertz CT molecular complexity index is 939. The van der Waals surface area contributed by atoms with Crippen molar-refractivity contribution in [2.75, 3.05) is 7.11 Å². The van der Waals surface area contributed by atoms with Crippen LogP contribution in [0.3, 0.4) is 0 Å². The summed E-state index contributed by atoms with van der Waals surface area (Å²) in [6.07, 6.45) is 5.02. The lowest BCUT2D eigenvalue weighted by Crippen LogP contribution is -2.22. The van der Waals surface area contributed by atoms with Gasteiger partial charge in [0.2, 0.25) is 5.91 Å². The molecule has 1 amide bonds. The first kappa shape index (κ1) is 19.6. The lowest BCUT2D eigenvalue weighted by Gasteiger charge is -2.04. The highest BCUT2D eigenvalue weighted by Crippen LogP contribution is 2.19. The molecule has 0 radical (unpaired) electrons. The second-order valence-electron chi connectivity index (χ2n) is 5.89. The Morgan fingerprint density at radius 1 is 1.21 bits per heavy atom. The van der Waals surface area contributed by atoms with Crippen LogP contribution in [0.2, 0.25) is 0 Å². The summed E-state index contributed by atoms with van der Waals surface area (Å²) >= 11 is 1.56. The molecule has 2 aromatic heterocycles. The van der Waals surface area contributed by atoms with Gasteiger partial charge in [-0.2, -0.15) is 0 Å². The van der Waals surface area contributed by atoms with Crippen LogP contribution in [0.1, 0.15) is 17.1 Å². The minimum Gasteiger partial charge on any atom is -0.497 e. The molecule has 1 aromatic carbocycles. The lowest BCUT2D eigenvalue weighted by atomic mass is 10.2. The number of rotatable bonds is 8. The molecule has 0 aliphatic heterocycles. The van der Waals surface area contributed by atoms with Gasteiger partial charge in [0, 0.05) is 25.1 Å². The van der Waals surface area contributed by atoms with Gasteiger partial charge in [-0.3, -0.25) is 9.78 Å². The van der Waals surface area contributed by atoms with Crippen LogP contribution in [-0.2, 0) is 24.1 Å². The average molecular weight is 395 g/mol. The van der Waals surface area contributed by atoms with Gasteiger partial charge in [0.25, 0.3) is 0 Å². The molecule has 0 atom stereocenters. The number of hydrogen-bond acceptors (Lipinski definition) is 6. The van der Waals surface area contributed by atoms with Crippen LogP contribution in [0, 0.1) is 0 Å². The number of benzene rings is 1. The third kappa shape index (κ3) is 5.43. The summed E-state index contributed by atoms with van der Waals surface area (Å²) in [5.74, 6) is 1.99. The smallest absolute Gasteiger partial charge is 0.244 e. The average Bonchev–Trinajstić information content (AvgIpc) is 3.09. The Hall–Kier alpha value is -3.13. The van der Waals surface area contributed by atoms with Crippen LogP contribution < -0.4 is 10.1 Å². The molecule has 0 saturated heterocycles. The van der Waals surface area contributed by atoms with E-state index in [1.807, 2.05) is 54.1 Å². The number of amides is 1. The molecule has 3 rings (SSSR count). The summed E-state index contributed by atoms with van der Waals surface area (Å²) in [4.78, 5) is 16.3. The van der Waals surface area contributed by atoms with Gasteiger partial charge in [-0.1, -0.05) is 30.0 Å². The lowest BCUT2D eigenvalue weighted by molar-refractivity contribution is -0.116. The van der Waals surface area contributed by atoms with Gasteiger partial charge in [-0.05, 0) is 35.9 Å². The Kier molecular flexibility index (Phi) is 6.80. The van der Waals surface area contributed by atoms with E-state index in [2.05, 4.69) is 20.5 Å². The van der Waals surface area contributed by atoms with Crippen molar-refractivity contribution in [3.8, 4) is 5.75 Å². The van der Waals surface area contributed by atoms with Gasteiger partial charge >= 0.3 is 0 Å². The number of pyridine rings is 1. The maximum Gasteiger partial charge on any atom is 0.244 e. The van der Waals surface area contributed by atoms with Crippen molar-refractivity contribution >= 4 is 23.7 Å². The molecule has 144 valence electrons. The number of nitrogens with zero attached hydrogens (tertiary/aromatic N) is 4. The van der Waals surface area contributed by atoms with Gasteiger partial charge in [0.15, 0.2) is 11.0 Å². The van der Waals surface area contributed by atoms with E-state index >= 15 is 0 Å². The molecule has 8 heteroatoms. The quantitative estimate of drug-likeness (QED) is 0.467. The van der Waals surface area contributed by atoms with E-state index in [4.69, 9.17) is 4.74 Å². The molecule has 28 heavy (non-hydrogen) atoms. The normalized spacial score (nSPS) is 10.9. The molecule has 0 unspecified atom stereocenters. The van der Waals surface area contributed by atoms with Crippen LogP contribution in [0.15, 0.2) is 59.9 Å². The van der Waals surface area contributed by atoms with E-state index in [0.29, 0.717) is 18.1 Å². The van der Waals surface area contributed by atoms with Crippen LogP contribution in [0.25, 0.3) is 6.08 Å². The first-order valence-electron chi connectivity index (χ1n) is 8.66. The fraction of sp³-hybridized carbons (Fsp3) is 0.200. The number of hydrogen-bond donors (Lipinski definition) is 1. The highest BCUT2D eigenvalue weighted by Gasteiger charge is 2.10. The maximum absolute atomic E-state index is 12.0. The molecule has 7 nitrogen and oxygen atoms in total. The summed E-state index contributed by atoms with van der Waals surface area (Å²) in [5, 5.41) is 11.9. The van der Waals surface area contributed by atoms with Gasteiger partial charge < -0.3 is 14.6 Å². The number of carbonyl (C=O) groups excluding carboxylic acids is 1. The first-order chi connectivity index (χ1) is 13.7. The zero-order valence-corrected chi connectivity index (χ0v) is 16.5. The number of carbonyl (C=O) groups is 1. The molecule has 0 saturated carbocycles. The van der Waals surface area contributed by atoms with E-state index < -0.39 is 0 Å². The van der Waals surface area contributed by atoms with Crippen molar-refractivity contribution in [1.82, 2.24) is 25.1 Å². The van der Waals surface area contributed by atoms with E-state index in [1.54, 1.807) is 31.1 Å². The fourth-order valence-corrected chi connectivity index (χ4v) is 3.20. The minimum absolute atomic E-state index is 0.193. The monoisotopic (exact) mass is 395 g/mol. The van der Waals surface area contributed by atoms with Crippen molar-refractivity contribution in [2.45, 2.75) is 17.5 Å². The van der Waals surface area contributed by atoms with E-state index in [0.717, 1.165) is 22.2 Å². The summed E-state index contributed by atoms with van der Waals surface area (Å²) in [5.41, 5.74) is 1.90. The number of nitrogens with one attached hydrogen (secondary N) is 1. The minimum atomic E-state index is -0.193. The largest absolute Gasteiger partial charge is 0.497 e. The van der Waals surface area contributed by atoms with Gasteiger partial charge in [-0.15, -0.1) is 10.2 Å². The van der Waals surface area contributed by atoms with Crippen LogP contribution in [0.4, 0.5) is 0 Å². The molecular formula is C20H21N5O2S. The van der Waals surface area contributed by atoms with Gasteiger partial charge in [0.05, 0.1) is 19.3 Å². The van der Waals surface area contributed by atoms with Gasteiger partial charge in [-0.25, -0.2) is 0 Å². The third-order valence-corrected chi connectivity index (χ3v) is 5.02. The zero-order valence-electron chi connectivity index (χ0n) is 15.7. The van der Waals surface area contributed by atoms with E-state index in [-0.39, 0.29) is 5.91 Å². The van der Waals surface area contributed by atoms with Crippen LogP contribution in [-0.4, -0.2) is 32.8 Å². The van der Waals surface area contributed by atoms with Crippen molar-refractivity contribution in [3.05, 3.63) is 71.8 Å². The Morgan fingerprint density at radius 2 is 2.04 bits per heavy atom. The molecule has 0 fully saturated rings. The second-order valence-corrected chi connectivity index (χ2v) is 6.83. The first-order valence-corrected chi connectivity index (χ1v) is 9.65. The topological polar surface area (TPSA) is 81.9 Å². The molecule has 0 spiro atoms. The Balaban J connectivity index is 1.50. The molecular weight excluding hydrogens is 374 g/mol. The zero-order chi connectivity index (χ0) is 19.8. The van der Waals surface area contributed by atoms with Crippen molar-refractivity contribution in [1.29, 1.82) is 0 Å². The summed E-state index contributed by atoms with van der Waals surface area (Å²) in [6, 6.07) is 13.3. The standard InChI is InChI=1S/C20H21N5O2S/c1-25-18(23-24-20(25)28-14-16-5-3-4-12-21-16)13-22-19(26)11-8-15-6-9-17(27-2)10-7-15/h3-12H,13-14H2,1-2H3,(H,22,26). The number of ether oxygens (including phenoxy) is 1. The highest BCUT2D eigenvalue weighted by atomic mass is 32.2. The molecule has 2 heterocycles. The fourth-order valence-electron chi connectivity index (χ4n) is 2.36. The molecule has 0 aliphatic rings. The molecule has 3 aromatic rings. The molecule has 0 bridgehead atoms. The van der Waals surface area contributed by atoms with Crippen molar-refractivity contribution in [3.63, 3.8) is 0 Å². The van der Waals surface area contributed by atoms with Crippen LogP contribution >= 0.6 is 11.8 Å². The molecule has 1 N–H and O–H groups in total. The summed E-state index contributed by atoms with van der Waals surface area (Å²) < 4.78 is 6.99. The van der Waals surface area contributed by atoms with E-state index in [1.165, 1.54) is 6.08 Å². The maximum atomic E-state index is 12.0. The van der Waals surface area contributed by atoms with E-state index in [9.17, 15) is 4.79 Å². The Morgan fingerprint density at radius 3 is 2.75 bits per heavy atom. The second kappa shape index (κ2) is 9.70. The van der Waals surface area contributed by atoms with Crippen molar-refractivity contribution in [2.24, 2.45) is 7.05 Å². The number of methoxy groups -OCH3 is 1. The van der Waals surface area contributed by atoms with Gasteiger partial charge in [0.1, 0.15) is 5.75 Å². The predicted octanol–water partition coefficient (Wildman–Crippen LogP) is 2.84. The Labute approximate surface area is 167 Å².